The van der Waals surface area contributed by atoms with Crippen molar-refractivity contribution in [3.8, 4) is 5.75 Å². The second kappa shape index (κ2) is 10.4. The minimum Gasteiger partial charge on any atom is -0.494 e. The highest BCUT2D eigenvalue weighted by Gasteiger charge is 2.21. The lowest BCUT2D eigenvalue weighted by atomic mass is 10.2. The van der Waals surface area contributed by atoms with Crippen LogP contribution in [0.15, 0.2) is 28.8 Å². The van der Waals surface area contributed by atoms with E-state index >= 15 is 0 Å². The van der Waals surface area contributed by atoms with Gasteiger partial charge in [-0.25, -0.2) is 4.98 Å². The number of aryl methyl sites for hydroxylation is 2. The van der Waals surface area contributed by atoms with E-state index in [2.05, 4.69) is 20.4 Å². The lowest BCUT2D eigenvalue weighted by Gasteiger charge is -2.22. The summed E-state index contributed by atoms with van der Waals surface area (Å²) >= 11 is 0. The van der Waals surface area contributed by atoms with Crippen LogP contribution in [0.1, 0.15) is 56.1 Å². The molecule has 170 valence electrons. The Labute approximate surface area is 188 Å². The molecule has 3 heterocycles. The summed E-state index contributed by atoms with van der Waals surface area (Å²) in [6, 6.07) is 7.74. The number of benzene rings is 1. The molecule has 8 nitrogen and oxygen atoms in total. The van der Waals surface area contributed by atoms with E-state index in [1.54, 1.807) is 0 Å². The Morgan fingerprint density at radius 1 is 1.16 bits per heavy atom. The van der Waals surface area contributed by atoms with E-state index in [0.717, 1.165) is 54.1 Å². The zero-order valence-corrected chi connectivity index (χ0v) is 18.9. The number of carbonyl (C=O) groups excluding carboxylic acids is 1. The van der Waals surface area contributed by atoms with Crippen molar-refractivity contribution in [3.63, 3.8) is 0 Å². The van der Waals surface area contributed by atoms with Crippen LogP contribution in [-0.2, 0) is 17.8 Å². The number of hydrogen-bond donors (Lipinski definition) is 1. The Balaban J connectivity index is 1.43. The quantitative estimate of drug-likeness (QED) is 0.570. The van der Waals surface area contributed by atoms with Gasteiger partial charge in [0.2, 0.25) is 5.91 Å². The number of nitrogens with one attached hydrogen (secondary N) is 1. The maximum atomic E-state index is 12.5. The minimum atomic E-state index is -0.0509. The zero-order chi connectivity index (χ0) is 22.3. The Bertz CT molecular complexity index is 1060. The van der Waals surface area contributed by atoms with Crippen molar-refractivity contribution in [3.05, 3.63) is 41.3 Å². The van der Waals surface area contributed by atoms with Crippen LogP contribution in [-0.4, -0.2) is 40.7 Å². The molecule has 0 radical (unpaired) electrons. The predicted molar refractivity (Wildman–Crippen MR) is 123 cm³/mol. The number of carbonyl (C=O) groups is 1. The number of rotatable bonds is 8. The molecular formula is C24H31N5O3. The third kappa shape index (κ3) is 5.18. The monoisotopic (exact) mass is 437 g/mol. The summed E-state index contributed by atoms with van der Waals surface area (Å²) in [7, 11) is 0. The number of nitrogens with zero attached hydrogens (tertiary/aromatic N) is 4. The molecule has 1 aliphatic rings. The molecule has 0 spiro atoms. The van der Waals surface area contributed by atoms with E-state index in [4.69, 9.17) is 14.2 Å². The minimum absolute atomic E-state index is 0.0509. The van der Waals surface area contributed by atoms with Crippen molar-refractivity contribution >= 4 is 22.8 Å². The normalized spacial score (nSPS) is 14.4. The number of amides is 1. The van der Waals surface area contributed by atoms with Crippen LogP contribution in [0, 0.1) is 6.92 Å². The number of para-hydroxylation sites is 1. The van der Waals surface area contributed by atoms with Crippen LogP contribution in [0.5, 0.6) is 5.75 Å². The van der Waals surface area contributed by atoms with Crippen LogP contribution in [0.25, 0.3) is 11.1 Å². The Morgan fingerprint density at radius 2 is 1.94 bits per heavy atom. The molecule has 1 fully saturated rings. The van der Waals surface area contributed by atoms with E-state index in [9.17, 15) is 4.79 Å². The molecule has 4 rings (SSSR count). The van der Waals surface area contributed by atoms with E-state index in [1.807, 2.05) is 38.1 Å². The van der Waals surface area contributed by atoms with Crippen molar-refractivity contribution < 1.29 is 14.1 Å². The van der Waals surface area contributed by atoms with Crippen molar-refractivity contribution in [2.75, 3.05) is 24.6 Å². The highest BCUT2D eigenvalue weighted by atomic mass is 16.5. The second-order valence-corrected chi connectivity index (χ2v) is 8.13. The molecule has 8 heteroatoms. The molecule has 32 heavy (non-hydrogen) atoms. The first kappa shape index (κ1) is 22.0. The van der Waals surface area contributed by atoms with Gasteiger partial charge >= 0.3 is 0 Å². The molecule has 0 atom stereocenters. The predicted octanol–water partition coefficient (Wildman–Crippen LogP) is 3.95. The lowest BCUT2D eigenvalue weighted by Crippen LogP contribution is -2.26. The van der Waals surface area contributed by atoms with Crippen molar-refractivity contribution in [1.29, 1.82) is 0 Å². The highest BCUT2D eigenvalue weighted by molar-refractivity contribution is 5.88. The average Bonchev–Trinajstić information content (AvgIpc) is 3.00. The molecule has 0 saturated carbocycles. The van der Waals surface area contributed by atoms with Gasteiger partial charge in [-0.05, 0) is 32.8 Å². The van der Waals surface area contributed by atoms with Crippen LogP contribution < -0.4 is 15.0 Å². The Morgan fingerprint density at radius 3 is 2.72 bits per heavy atom. The van der Waals surface area contributed by atoms with Crippen molar-refractivity contribution in [2.24, 2.45) is 0 Å². The molecule has 1 aliphatic heterocycles. The van der Waals surface area contributed by atoms with Crippen LogP contribution in [0.4, 0.5) is 5.82 Å². The fraction of sp³-hybridized carbons (Fsp3) is 0.500. The van der Waals surface area contributed by atoms with Gasteiger partial charge in [0.15, 0.2) is 0 Å². The van der Waals surface area contributed by atoms with Gasteiger partial charge in [0.1, 0.15) is 22.8 Å². The molecule has 1 amide bonds. The van der Waals surface area contributed by atoms with E-state index in [-0.39, 0.29) is 5.91 Å². The topological polar surface area (TPSA) is 93.4 Å². The summed E-state index contributed by atoms with van der Waals surface area (Å²) in [4.78, 5) is 24.2. The van der Waals surface area contributed by atoms with E-state index in [0.29, 0.717) is 37.5 Å². The molecule has 0 bridgehead atoms. The maximum absolute atomic E-state index is 12.5. The molecular weight excluding hydrogens is 406 g/mol. The fourth-order valence-electron chi connectivity index (χ4n) is 4.09. The molecule has 0 unspecified atom stereocenters. The van der Waals surface area contributed by atoms with E-state index in [1.165, 1.54) is 12.8 Å². The summed E-state index contributed by atoms with van der Waals surface area (Å²) in [5, 5.41) is 7.96. The fourth-order valence-corrected chi connectivity index (χ4v) is 4.09. The SMILES string of the molecule is CCOc1ccccc1CNC(=O)CCc1nc(N2CCCCCC2)c2c(C)noc2n1. The second-order valence-electron chi connectivity index (χ2n) is 8.13. The number of ether oxygens (including phenoxy) is 1. The molecule has 0 aliphatic carbocycles. The summed E-state index contributed by atoms with van der Waals surface area (Å²) < 4.78 is 11.1. The van der Waals surface area contributed by atoms with Gasteiger partial charge in [-0.1, -0.05) is 36.2 Å². The van der Waals surface area contributed by atoms with Gasteiger partial charge in [-0.3, -0.25) is 4.79 Å². The smallest absolute Gasteiger partial charge is 0.263 e. The molecule has 3 aromatic rings. The highest BCUT2D eigenvalue weighted by Crippen LogP contribution is 2.29. The van der Waals surface area contributed by atoms with Gasteiger partial charge in [0, 0.05) is 38.0 Å². The standard InChI is InChI=1S/C24H31N5O3/c1-3-31-19-11-7-6-10-18(19)16-25-21(30)13-12-20-26-23(29-14-8-4-5-9-15-29)22-17(2)28-32-24(22)27-20/h6-7,10-11H,3-5,8-9,12-16H2,1-2H3,(H,25,30). The zero-order valence-electron chi connectivity index (χ0n) is 18.9. The van der Waals surface area contributed by atoms with Crippen molar-refractivity contribution in [1.82, 2.24) is 20.4 Å². The molecule has 1 N–H and O–H groups in total. The van der Waals surface area contributed by atoms with E-state index < -0.39 is 0 Å². The molecule has 2 aromatic heterocycles. The summed E-state index contributed by atoms with van der Waals surface area (Å²) in [5.74, 6) is 2.24. The van der Waals surface area contributed by atoms with Gasteiger partial charge in [0.25, 0.3) is 5.71 Å². The number of anilines is 1. The molecule has 1 aromatic carbocycles. The third-order valence-corrected chi connectivity index (χ3v) is 5.76. The van der Waals surface area contributed by atoms with Crippen LogP contribution in [0.3, 0.4) is 0 Å². The van der Waals surface area contributed by atoms with Gasteiger partial charge in [-0.2, -0.15) is 4.98 Å². The van der Waals surface area contributed by atoms with Crippen LogP contribution >= 0.6 is 0 Å². The van der Waals surface area contributed by atoms with Crippen molar-refractivity contribution in [2.45, 2.75) is 58.9 Å². The summed E-state index contributed by atoms with van der Waals surface area (Å²) in [5.41, 5.74) is 2.26. The first-order chi connectivity index (χ1) is 15.7. The van der Waals surface area contributed by atoms with Gasteiger partial charge < -0.3 is 19.5 Å². The summed E-state index contributed by atoms with van der Waals surface area (Å²) in [6.07, 6.45) is 5.53. The molecule has 1 saturated heterocycles. The largest absolute Gasteiger partial charge is 0.494 e. The number of aromatic nitrogens is 3. The number of hydrogen-bond acceptors (Lipinski definition) is 7. The Hall–Kier alpha value is -3.16. The first-order valence-corrected chi connectivity index (χ1v) is 11.5. The van der Waals surface area contributed by atoms with Gasteiger partial charge in [-0.15, -0.1) is 0 Å². The number of fused-ring (bicyclic) bond motifs is 1. The third-order valence-electron chi connectivity index (χ3n) is 5.76. The Kier molecular flexibility index (Phi) is 7.19. The first-order valence-electron chi connectivity index (χ1n) is 11.5. The van der Waals surface area contributed by atoms with Gasteiger partial charge in [0.05, 0.1) is 12.3 Å². The lowest BCUT2D eigenvalue weighted by molar-refractivity contribution is -0.121. The van der Waals surface area contributed by atoms with Crippen LogP contribution in [0.2, 0.25) is 0 Å². The maximum Gasteiger partial charge on any atom is 0.263 e. The summed E-state index contributed by atoms with van der Waals surface area (Å²) in [6.45, 7) is 6.82. The average molecular weight is 438 g/mol.